The highest BCUT2D eigenvalue weighted by molar-refractivity contribution is 6.03. The molecule has 0 atom stereocenters. The Hall–Kier alpha value is -3.26. The summed E-state index contributed by atoms with van der Waals surface area (Å²) in [6, 6.07) is 6.80. The van der Waals surface area contributed by atoms with Crippen LogP contribution in [-0.4, -0.2) is 52.2 Å². The van der Waals surface area contributed by atoms with E-state index in [9.17, 15) is 49.1 Å². The third-order valence-corrected chi connectivity index (χ3v) is 3.93. The molecule has 0 bridgehead atoms. The summed E-state index contributed by atoms with van der Waals surface area (Å²) in [6.45, 7) is 1.08. The molecule has 2 rings (SSSR count). The highest BCUT2D eigenvalue weighted by Gasteiger charge is 2.83. The predicted octanol–water partition coefficient (Wildman–Crippen LogP) is 4.46. The Kier molecular flexibility index (Phi) is 6.52. The molecule has 6 nitrogen and oxygen atoms in total. The van der Waals surface area contributed by atoms with Gasteiger partial charge in [-0.15, -0.1) is 0 Å². The van der Waals surface area contributed by atoms with E-state index in [4.69, 9.17) is 0 Å². The van der Waals surface area contributed by atoms with Gasteiger partial charge in [-0.25, -0.2) is 9.48 Å². The van der Waals surface area contributed by atoms with Gasteiger partial charge < -0.3 is 10.1 Å². The zero-order valence-electron chi connectivity index (χ0n) is 15.7. The minimum absolute atomic E-state index is 0.0194. The van der Waals surface area contributed by atoms with Crippen LogP contribution in [-0.2, 0) is 9.53 Å². The molecule has 0 aliphatic heterocycles. The molecule has 15 heteroatoms. The van der Waals surface area contributed by atoms with Crippen molar-refractivity contribution in [3.05, 3.63) is 42.1 Å². The number of nitrogens with one attached hydrogen (secondary N) is 1. The van der Waals surface area contributed by atoms with Crippen molar-refractivity contribution in [3.63, 3.8) is 0 Å². The van der Waals surface area contributed by atoms with E-state index in [-0.39, 0.29) is 12.3 Å². The number of alkyl halides is 9. The first kappa shape index (κ1) is 25.0. The van der Waals surface area contributed by atoms with Crippen molar-refractivity contribution >= 4 is 17.7 Å². The van der Waals surface area contributed by atoms with E-state index in [1.165, 1.54) is 37.3 Å². The smallest absolute Gasteiger partial charge is 0.460 e. The molecule has 2 aromatic rings. The first-order valence-electron chi connectivity index (χ1n) is 8.41. The van der Waals surface area contributed by atoms with Crippen LogP contribution in [0.3, 0.4) is 0 Å². The molecule has 0 spiro atoms. The van der Waals surface area contributed by atoms with Crippen LogP contribution in [0.5, 0.6) is 0 Å². The number of hydrogen-bond donors (Lipinski definition) is 1. The number of benzene rings is 1. The second-order valence-electron chi connectivity index (χ2n) is 6.05. The molecule has 1 heterocycles. The van der Waals surface area contributed by atoms with Crippen LogP contribution >= 0.6 is 0 Å². The highest BCUT2D eigenvalue weighted by atomic mass is 19.4. The Morgan fingerprint density at radius 3 is 2.03 bits per heavy atom. The maximum Gasteiger partial charge on any atom is 0.460 e. The number of anilines is 1. The average molecular weight is 477 g/mol. The number of halogens is 9. The van der Waals surface area contributed by atoms with E-state index < -0.39 is 47.2 Å². The topological polar surface area (TPSA) is 73.2 Å². The molecule has 0 unspecified atom stereocenters. The summed E-state index contributed by atoms with van der Waals surface area (Å²) in [5.74, 6) is -26.5. The molecule has 0 fully saturated rings. The molecule has 0 radical (unpaired) electrons. The fraction of sp³-hybridized carbons (Fsp3) is 0.353. The molecule has 0 aliphatic rings. The minimum Gasteiger partial charge on any atom is -0.462 e. The summed E-state index contributed by atoms with van der Waals surface area (Å²) in [5, 5.41) is 4.71. The molecule has 1 N–H and O–H groups in total. The third-order valence-electron chi connectivity index (χ3n) is 3.93. The second kappa shape index (κ2) is 8.35. The number of ether oxygens (including phenoxy) is 1. The number of amides is 1. The first-order valence-corrected chi connectivity index (χ1v) is 8.41. The second-order valence-corrected chi connectivity index (χ2v) is 6.05. The molecule has 32 heavy (non-hydrogen) atoms. The molecule has 0 saturated carbocycles. The fourth-order valence-corrected chi connectivity index (χ4v) is 2.30. The Morgan fingerprint density at radius 2 is 1.53 bits per heavy atom. The summed E-state index contributed by atoms with van der Waals surface area (Å²) in [6.07, 6.45) is -6.41. The third kappa shape index (κ3) is 4.10. The van der Waals surface area contributed by atoms with Crippen molar-refractivity contribution in [2.45, 2.75) is 30.9 Å². The summed E-state index contributed by atoms with van der Waals surface area (Å²) >= 11 is 0. The summed E-state index contributed by atoms with van der Waals surface area (Å²) in [4.78, 5) is 23.8. The van der Waals surface area contributed by atoms with Gasteiger partial charge in [-0.1, -0.05) is 18.2 Å². The highest BCUT2D eigenvalue weighted by Crippen LogP contribution is 2.53. The molecule has 0 aliphatic carbocycles. The minimum atomic E-state index is -7.26. The Bertz CT molecular complexity index is 988. The molecule has 0 saturated heterocycles. The van der Waals surface area contributed by atoms with Crippen molar-refractivity contribution in [2.75, 3.05) is 11.9 Å². The van der Waals surface area contributed by atoms with Crippen molar-refractivity contribution < 1.29 is 53.8 Å². The van der Waals surface area contributed by atoms with Gasteiger partial charge in [0.05, 0.1) is 18.5 Å². The van der Waals surface area contributed by atoms with Gasteiger partial charge in [-0.05, 0) is 19.1 Å². The van der Waals surface area contributed by atoms with Gasteiger partial charge in [0, 0.05) is 0 Å². The van der Waals surface area contributed by atoms with E-state index in [1.807, 2.05) is 0 Å². The van der Waals surface area contributed by atoms with E-state index in [2.05, 4.69) is 9.84 Å². The van der Waals surface area contributed by atoms with Gasteiger partial charge in [0.25, 0.3) is 0 Å². The maximum atomic E-state index is 13.9. The quantitative estimate of drug-likeness (QED) is 0.473. The van der Waals surface area contributed by atoms with Crippen LogP contribution in [0.2, 0.25) is 0 Å². The molecule has 176 valence electrons. The molecule has 1 amide bonds. The molecular formula is C17H12F9N3O3. The van der Waals surface area contributed by atoms with Crippen LogP contribution in [0.4, 0.5) is 45.3 Å². The number of carbonyl (C=O) groups is 2. The lowest BCUT2D eigenvalue weighted by atomic mass is 10.0. The molecule has 1 aromatic heterocycles. The monoisotopic (exact) mass is 477 g/mol. The lowest BCUT2D eigenvalue weighted by Gasteiger charge is -2.32. The summed E-state index contributed by atoms with van der Waals surface area (Å²) < 4.78 is 123. The number of esters is 1. The number of para-hydroxylation sites is 1. The largest absolute Gasteiger partial charge is 0.462 e. The zero-order valence-corrected chi connectivity index (χ0v) is 15.7. The van der Waals surface area contributed by atoms with Gasteiger partial charge in [0.2, 0.25) is 0 Å². The van der Waals surface area contributed by atoms with Gasteiger partial charge in [-0.3, -0.25) is 4.79 Å². The number of rotatable bonds is 7. The summed E-state index contributed by atoms with van der Waals surface area (Å²) in [7, 11) is 0. The predicted molar refractivity (Wildman–Crippen MR) is 89.0 cm³/mol. The van der Waals surface area contributed by atoms with Crippen molar-refractivity contribution in [2.24, 2.45) is 0 Å². The van der Waals surface area contributed by atoms with Crippen molar-refractivity contribution in [3.8, 4) is 5.69 Å². The van der Waals surface area contributed by atoms with Gasteiger partial charge >= 0.3 is 35.8 Å². The van der Waals surface area contributed by atoms with E-state index in [1.54, 1.807) is 0 Å². The van der Waals surface area contributed by atoms with Crippen LogP contribution in [0.25, 0.3) is 5.69 Å². The van der Waals surface area contributed by atoms with Crippen molar-refractivity contribution in [1.82, 2.24) is 9.78 Å². The zero-order chi connectivity index (χ0) is 24.5. The fourth-order valence-electron chi connectivity index (χ4n) is 2.30. The average Bonchev–Trinajstić information content (AvgIpc) is 3.11. The SMILES string of the molecule is CCOC(=O)c1cnn(-c2ccccc2)c1NC(=O)C(F)(F)C(F)(F)C(F)(F)C(F)(F)F. The van der Waals surface area contributed by atoms with Gasteiger partial charge in [0.1, 0.15) is 5.56 Å². The first-order chi connectivity index (χ1) is 14.6. The van der Waals surface area contributed by atoms with E-state index in [0.717, 1.165) is 5.32 Å². The van der Waals surface area contributed by atoms with Crippen molar-refractivity contribution in [1.29, 1.82) is 0 Å². The van der Waals surface area contributed by atoms with Crippen LogP contribution in [0.15, 0.2) is 36.5 Å². The van der Waals surface area contributed by atoms with Gasteiger partial charge in [-0.2, -0.15) is 44.6 Å². The molecular weight excluding hydrogens is 465 g/mol. The molecule has 1 aromatic carbocycles. The Labute approximate surface area is 172 Å². The van der Waals surface area contributed by atoms with E-state index in [0.29, 0.717) is 10.9 Å². The number of nitrogens with zero attached hydrogens (tertiary/aromatic N) is 2. The van der Waals surface area contributed by atoms with Gasteiger partial charge in [0.15, 0.2) is 5.82 Å². The number of aromatic nitrogens is 2. The van der Waals surface area contributed by atoms with Crippen LogP contribution in [0.1, 0.15) is 17.3 Å². The summed E-state index contributed by atoms with van der Waals surface area (Å²) in [5.41, 5.74) is -0.778. The van der Waals surface area contributed by atoms with Crippen LogP contribution < -0.4 is 5.32 Å². The lowest BCUT2D eigenvalue weighted by Crippen LogP contribution is -2.64. The lowest BCUT2D eigenvalue weighted by molar-refractivity contribution is -0.388. The Morgan fingerprint density at radius 1 is 0.969 bits per heavy atom. The number of hydrogen-bond acceptors (Lipinski definition) is 4. The Balaban J connectivity index is 2.54. The standard InChI is InChI=1S/C17H12F9N3O3/c1-2-32-12(30)10-8-27-29(9-6-4-3-5-7-9)11(10)28-13(31)14(18,19)15(20,21)16(22,23)17(24,25)26/h3-8H,2H2,1H3,(H,28,31). The van der Waals surface area contributed by atoms with E-state index >= 15 is 0 Å². The normalized spacial score (nSPS) is 13.1. The maximum absolute atomic E-state index is 13.9. The number of carbonyl (C=O) groups excluding carboxylic acids is 2. The van der Waals surface area contributed by atoms with Crippen LogP contribution in [0, 0.1) is 0 Å².